The number of amides is 1. The zero-order valence-corrected chi connectivity index (χ0v) is 8.41. The zero-order chi connectivity index (χ0) is 10.8. The molecule has 5 heteroatoms. The molecule has 5 nitrogen and oxygen atoms in total. The SMILES string of the molecule is CCCOCCCNC(=O)CC(=O)O. The predicted molar refractivity (Wildman–Crippen MR) is 51.0 cm³/mol. The van der Waals surface area contributed by atoms with Gasteiger partial charge in [0, 0.05) is 19.8 Å². The molecule has 0 spiro atoms. The van der Waals surface area contributed by atoms with Gasteiger partial charge in [0.25, 0.3) is 0 Å². The highest BCUT2D eigenvalue weighted by molar-refractivity contribution is 5.93. The van der Waals surface area contributed by atoms with E-state index in [1.807, 2.05) is 6.92 Å². The zero-order valence-electron chi connectivity index (χ0n) is 8.41. The maximum atomic E-state index is 10.8. The number of hydrogen-bond acceptors (Lipinski definition) is 3. The summed E-state index contributed by atoms with van der Waals surface area (Å²) in [5.74, 6) is -1.56. The van der Waals surface area contributed by atoms with Crippen molar-refractivity contribution in [3.63, 3.8) is 0 Å². The number of hydrogen-bond donors (Lipinski definition) is 2. The van der Waals surface area contributed by atoms with E-state index in [2.05, 4.69) is 5.32 Å². The van der Waals surface area contributed by atoms with Crippen LogP contribution in [0.3, 0.4) is 0 Å². The number of carbonyl (C=O) groups excluding carboxylic acids is 1. The molecule has 0 aromatic carbocycles. The van der Waals surface area contributed by atoms with Crippen LogP contribution in [0.1, 0.15) is 26.2 Å². The molecule has 0 saturated carbocycles. The molecule has 0 radical (unpaired) electrons. The summed E-state index contributed by atoms with van der Waals surface area (Å²) < 4.78 is 5.18. The van der Waals surface area contributed by atoms with Crippen LogP contribution in [-0.2, 0) is 14.3 Å². The van der Waals surface area contributed by atoms with Gasteiger partial charge in [-0.05, 0) is 12.8 Å². The molecular weight excluding hydrogens is 186 g/mol. The highest BCUT2D eigenvalue weighted by Gasteiger charge is 2.05. The molecule has 0 saturated heterocycles. The highest BCUT2D eigenvalue weighted by Crippen LogP contribution is 1.85. The van der Waals surface area contributed by atoms with Crippen LogP contribution in [-0.4, -0.2) is 36.7 Å². The first kappa shape index (κ1) is 12.9. The summed E-state index contributed by atoms with van der Waals surface area (Å²) >= 11 is 0. The van der Waals surface area contributed by atoms with E-state index in [-0.39, 0.29) is 0 Å². The number of aliphatic carboxylic acids is 1. The molecule has 14 heavy (non-hydrogen) atoms. The lowest BCUT2D eigenvalue weighted by molar-refractivity contribution is -0.140. The van der Waals surface area contributed by atoms with Crippen molar-refractivity contribution in [1.82, 2.24) is 5.32 Å². The van der Waals surface area contributed by atoms with Crippen LogP contribution in [0.2, 0.25) is 0 Å². The first-order valence-electron chi connectivity index (χ1n) is 4.73. The summed E-state index contributed by atoms with van der Waals surface area (Å²) in [4.78, 5) is 20.9. The van der Waals surface area contributed by atoms with Gasteiger partial charge in [-0.2, -0.15) is 0 Å². The second-order valence-corrected chi connectivity index (χ2v) is 2.89. The molecule has 0 aromatic rings. The largest absolute Gasteiger partial charge is 0.481 e. The summed E-state index contributed by atoms with van der Waals surface area (Å²) in [6.45, 7) is 3.81. The van der Waals surface area contributed by atoms with E-state index >= 15 is 0 Å². The first-order chi connectivity index (χ1) is 6.66. The minimum absolute atomic E-state index is 0.451. The van der Waals surface area contributed by atoms with Crippen LogP contribution in [0.15, 0.2) is 0 Å². The van der Waals surface area contributed by atoms with Crippen molar-refractivity contribution in [3.8, 4) is 0 Å². The molecule has 0 bridgehead atoms. The maximum absolute atomic E-state index is 10.8. The predicted octanol–water partition coefficient (Wildman–Crippen LogP) is 0.394. The van der Waals surface area contributed by atoms with E-state index in [0.29, 0.717) is 19.6 Å². The molecule has 0 unspecified atom stereocenters. The molecular formula is C9H17NO4. The molecule has 82 valence electrons. The van der Waals surface area contributed by atoms with Gasteiger partial charge in [-0.3, -0.25) is 9.59 Å². The fourth-order valence-corrected chi connectivity index (χ4v) is 0.848. The van der Waals surface area contributed by atoms with Gasteiger partial charge in [-0.1, -0.05) is 6.92 Å². The van der Waals surface area contributed by atoms with Gasteiger partial charge in [0.15, 0.2) is 0 Å². The van der Waals surface area contributed by atoms with Crippen molar-refractivity contribution in [2.45, 2.75) is 26.2 Å². The molecule has 0 rings (SSSR count). The molecule has 0 heterocycles. The van der Waals surface area contributed by atoms with Crippen molar-refractivity contribution in [3.05, 3.63) is 0 Å². The average Bonchev–Trinajstić information content (AvgIpc) is 2.10. The van der Waals surface area contributed by atoms with Gasteiger partial charge in [-0.25, -0.2) is 0 Å². The van der Waals surface area contributed by atoms with Crippen LogP contribution in [0, 0.1) is 0 Å². The standard InChI is InChI=1S/C9H17NO4/c1-2-5-14-6-3-4-10-8(11)7-9(12)13/h2-7H2,1H3,(H,10,11)(H,12,13). The lowest BCUT2D eigenvalue weighted by Crippen LogP contribution is -2.27. The molecule has 0 aliphatic heterocycles. The second-order valence-electron chi connectivity index (χ2n) is 2.89. The minimum Gasteiger partial charge on any atom is -0.481 e. The van der Waals surface area contributed by atoms with Gasteiger partial charge >= 0.3 is 5.97 Å². The van der Waals surface area contributed by atoms with Gasteiger partial charge in [-0.15, -0.1) is 0 Å². The third kappa shape index (κ3) is 8.99. The van der Waals surface area contributed by atoms with Gasteiger partial charge in [0.1, 0.15) is 6.42 Å². The van der Waals surface area contributed by atoms with Crippen LogP contribution in [0.25, 0.3) is 0 Å². The van der Waals surface area contributed by atoms with E-state index < -0.39 is 18.3 Å². The highest BCUT2D eigenvalue weighted by atomic mass is 16.5. The fraction of sp³-hybridized carbons (Fsp3) is 0.778. The molecule has 0 aromatic heterocycles. The van der Waals surface area contributed by atoms with Crippen molar-refractivity contribution in [2.75, 3.05) is 19.8 Å². The molecule has 0 aliphatic carbocycles. The molecule has 2 N–H and O–H groups in total. The van der Waals surface area contributed by atoms with Crippen molar-refractivity contribution >= 4 is 11.9 Å². The Balaban J connectivity index is 3.19. The molecule has 0 fully saturated rings. The lowest BCUT2D eigenvalue weighted by atomic mass is 10.4. The van der Waals surface area contributed by atoms with Gasteiger partial charge in [0.2, 0.25) is 5.91 Å². The lowest BCUT2D eigenvalue weighted by Gasteiger charge is -2.03. The number of rotatable bonds is 8. The molecule has 0 atom stereocenters. The van der Waals surface area contributed by atoms with Crippen LogP contribution in [0.5, 0.6) is 0 Å². The average molecular weight is 203 g/mol. The van der Waals surface area contributed by atoms with Crippen LogP contribution in [0.4, 0.5) is 0 Å². The van der Waals surface area contributed by atoms with Crippen molar-refractivity contribution < 1.29 is 19.4 Å². The quantitative estimate of drug-likeness (QED) is 0.442. The van der Waals surface area contributed by atoms with Gasteiger partial charge in [0.05, 0.1) is 0 Å². The van der Waals surface area contributed by atoms with Crippen molar-refractivity contribution in [1.29, 1.82) is 0 Å². The number of carboxylic acid groups (broad SMARTS) is 1. The Morgan fingerprint density at radius 3 is 2.64 bits per heavy atom. The third-order valence-electron chi connectivity index (χ3n) is 1.45. The van der Waals surface area contributed by atoms with E-state index in [9.17, 15) is 9.59 Å². The third-order valence-corrected chi connectivity index (χ3v) is 1.45. The van der Waals surface area contributed by atoms with E-state index in [1.165, 1.54) is 0 Å². The number of ether oxygens (including phenoxy) is 1. The van der Waals surface area contributed by atoms with Crippen molar-refractivity contribution in [2.24, 2.45) is 0 Å². The Morgan fingerprint density at radius 1 is 1.36 bits per heavy atom. The Kier molecular flexibility index (Phi) is 7.83. The maximum Gasteiger partial charge on any atom is 0.312 e. The minimum atomic E-state index is -1.11. The summed E-state index contributed by atoms with van der Waals surface area (Å²) in [6, 6.07) is 0. The number of nitrogens with one attached hydrogen (secondary N) is 1. The van der Waals surface area contributed by atoms with E-state index in [0.717, 1.165) is 13.0 Å². The number of carboxylic acids is 1. The monoisotopic (exact) mass is 203 g/mol. The second kappa shape index (κ2) is 8.50. The van der Waals surface area contributed by atoms with Crippen LogP contribution >= 0.6 is 0 Å². The molecule has 1 amide bonds. The first-order valence-corrected chi connectivity index (χ1v) is 4.73. The summed E-state index contributed by atoms with van der Waals surface area (Å²) in [6.07, 6.45) is 1.23. The fourth-order valence-electron chi connectivity index (χ4n) is 0.848. The Labute approximate surface area is 83.4 Å². The normalized spacial score (nSPS) is 9.79. The number of carbonyl (C=O) groups is 2. The molecule has 0 aliphatic rings. The Bertz CT molecular complexity index is 182. The van der Waals surface area contributed by atoms with Crippen LogP contribution < -0.4 is 5.32 Å². The summed E-state index contributed by atoms with van der Waals surface area (Å²) in [5, 5.41) is 10.8. The smallest absolute Gasteiger partial charge is 0.312 e. The Morgan fingerprint density at radius 2 is 2.07 bits per heavy atom. The van der Waals surface area contributed by atoms with E-state index in [1.54, 1.807) is 0 Å². The summed E-state index contributed by atoms with van der Waals surface area (Å²) in [5.41, 5.74) is 0. The topological polar surface area (TPSA) is 75.6 Å². The summed E-state index contributed by atoms with van der Waals surface area (Å²) in [7, 11) is 0. The van der Waals surface area contributed by atoms with E-state index in [4.69, 9.17) is 9.84 Å². The Hall–Kier alpha value is -1.10. The van der Waals surface area contributed by atoms with Gasteiger partial charge < -0.3 is 15.2 Å².